The summed E-state index contributed by atoms with van der Waals surface area (Å²) >= 11 is 0. The minimum atomic E-state index is -0.510. The minimum Gasteiger partial charge on any atom is -0.491 e. The summed E-state index contributed by atoms with van der Waals surface area (Å²) in [5.41, 5.74) is 1.03. The van der Waals surface area contributed by atoms with Crippen molar-refractivity contribution in [3.8, 4) is 5.75 Å². The van der Waals surface area contributed by atoms with Crippen LogP contribution in [-0.4, -0.2) is 43.1 Å². The number of para-hydroxylation sites is 1. The van der Waals surface area contributed by atoms with E-state index in [2.05, 4.69) is 5.32 Å². The second-order valence-electron chi connectivity index (χ2n) is 5.16. The molecule has 1 aromatic rings. The standard InChI is InChI=1S/C15H23NO3/c1-11(2)19-14-6-4-3-5-12(14)9-13(17)15-10-16-7-8-18-15/h3-6,11,13,15-17H,7-10H2,1-2H3/t13-,15?/m1/s1. The lowest BCUT2D eigenvalue weighted by molar-refractivity contribution is -0.0516. The third-order valence-corrected chi connectivity index (χ3v) is 3.15. The minimum absolute atomic E-state index is 0.130. The largest absolute Gasteiger partial charge is 0.491 e. The summed E-state index contributed by atoms with van der Waals surface area (Å²) in [6.45, 7) is 6.22. The van der Waals surface area contributed by atoms with E-state index < -0.39 is 6.10 Å². The number of morpholine rings is 1. The Morgan fingerprint density at radius 2 is 2.21 bits per heavy atom. The Balaban J connectivity index is 2.01. The lowest BCUT2D eigenvalue weighted by Crippen LogP contribution is -2.45. The second-order valence-corrected chi connectivity index (χ2v) is 5.16. The monoisotopic (exact) mass is 265 g/mol. The fourth-order valence-corrected chi connectivity index (χ4v) is 2.23. The van der Waals surface area contributed by atoms with Gasteiger partial charge in [-0.25, -0.2) is 0 Å². The zero-order chi connectivity index (χ0) is 13.7. The van der Waals surface area contributed by atoms with E-state index in [4.69, 9.17) is 9.47 Å². The first-order chi connectivity index (χ1) is 9.16. The van der Waals surface area contributed by atoms with Crippen molar-refractivity contribution in [2.75, 3.05) is 19.7 Å². The van der Waals surface area contributed by atoms with Gasteiger partial charge in [0.2, 0.25) is 0 Å². The van der Waals surface area contributed by atoms with E-state index in [-0.39, 0.29) is 12.2 Å². The van der Waals surface area contributed by atoms with Crippen LogP contribution in [0.25, 0.3) is 0 Å². The number of aliphatic hydroxyl groups excluding tert-OH is 1. The molecule has 4 nitrogen and oxygen atoms in total. The number of aliphatic hydroxyl groups is 1. The predicted molar refractivity (Wildman–Crippen MR) is 74.5 cm³/mol. The van der Waals surface area contributed by atoms with Crippen LogP contribution in [0.15, 0.2) is 24.3 Å². The van der Waals surface area contributed by atoms with Crippen molar-refractivity contribution in [2.45, 2.75) is 38.6 Å². The van der Waals surface area contributed by atoms with Gasteiger partial charge in [-0.15, -0.1) is 0 Å². The van der Waals surface area contributed by atoms with Gasteiger partial charge in [0.05, 0.1) is 24.9 Å². The molecule has 1 heterocycles. The Hall–Kier alpha value is -1.10. The van der Waals surface area contributed by atoms with Gasteiger partial charge in [0.1, 0.15) is 5.75 Å². The highest BCUT2D eigenvalue weighted by molar-refractivity contribution is 5.34. The van der Waals surface area contributed by atoms with Crippen LogP contribution >= 0.6 is 0 Å². The van der Waals surface area contributed by atoms with Crippen LogP contribution in [0.5, 0.6) is 5.75 Å². The molecule has 1 fully saturated rings. The molecule has 19 heavy (non-hydrogen) atoms. The molecule has 1 aromatic carbocycles. The lowest BCUT2D eigenvalue weighted by Gasteiger charge is -2.28. The van der Waals surface area contributed by atoms with E-state index in [9.17, 15) is 5.11 Å². The molecule has 0 bridgehead atoms. The van der Waals surface area contributed by atoms with Crippen molar-refractivity contribution in [3.63, 3.8) is 0 Å². The van der Waals surface area contributed by atoms with Crippen LogP contribution in [0.2, 0.25) is 0 Å². The smallest absolute Gasteiger partial charge is 0.122 e. The normalized spacial score (nSPS) is 21.4. The summed E-state index contributed by atoms with van der Waals surface area (Å²) in [5.74, 6) is 0.848. The zero-order valence-electron chi connectivity index (χ0n) is 11.6. The van der Waals surface area contributed by atoms with Crippen molar-refractivity contribution in [2.24, 2.45) is 0 Å². The predicted octanol–water partition coefficient (Wildman–Crippen LogP) is 1.37. The average Bonchev–Trinajstić information content (AvgIpc) is 2.41. The van der Waals surface area contributed by atoms with E-state index in [0.29, 0.717) is 19.6 Å². The summed E-state index contributed by atoms with van der Waals surface area (Å²) in [4.78, 5) is 0. The fourth-order valence-electron chi connectivity index (χ4n) is 2.23. The zero-order valence-corrected chi connectivity index (χ0v) is 11.6. The van der Waals surface area contributed by atoms with Crippen LogP contribution in [-0.2, 0) is 11.2 Å². The van der Waals surface area contributed by atoms with Gasteiger partial charge in [-0.3, -0.25) is 0 Å². The molecular formula is C15H23NO3. The van der Waals surface area contributed by atoms with Crippen LogP contribution in [0.1, 0.15) is 19.4 Å². The first kappa shape index (κ1) is 14.3. The molecule has 0 aromatic heterocycles. The number of ether oxygens (including phenoxy) is 2. The Labute approximate surface area is 114 Å². The van der Waals surface area contributed by atoms with Gasteiger partial charge in [0.15, 0.2) is 0 Å². The highest BCUT2D eigenvalue weighted by Crippen LogP contribution is 2.22. The van der Waals surface area contributed by atoms with Crippen molar-refractivity contribution >= 4 is 0 Å². The molecule has 2 N–H and O–H groups in total. The van der Waals surface area contributed by atoms with E-state index in [1.54, 1.807) is 0 Å². The topological polar surface area (TPSA) is 50.7 Å². The van der Waals surface area contributed by atoms with Crippen LogP contribution in [0.4, 0.5) is 0 Å². The lowest BCUT2D eigenvalue weighted by atomic mass is 10.0. The number of benzene rings is 1. The Morgan fingerprint density at radius 1 is 1.42 bits per heavy atom. The molecule has 4 heteroatoms. The van der Waals surface area contributed by atoms with Gasteiger partial charge in [0.25, 0.3) is 0 Å². The van der Waals surface area contributed by atoms with E-state index >= 15 is 0 Å². The van der Waals surface area contributed by atoms with Gasteiger partial charge < -0.3 is 19.9 Å². The summed E-state index contributed by atoms with van der Waals surface area (Å²) < 4.78 is 11.3. The highest BCUT2D eigenvalue weighted by atomic mass is 16.5. The van der Waals surface area contributed by atoms with Gasteiger partial charge in [-0.2, -0.15) is 0 Å². The van der Waals surface area contributed by atoms with Gasteiger partial charge in [-0.1, -0.05) is 18.2 Å². The second kappa shape index (κ2) is 6.89. The Kier molecular flexibility index (Phi) is 5.19. The molecule has 0 spiro atoms. The molecule has 0 amide bonds. The molecule has 1 aliphatic heterocycles. The molecule has 1 aliphatic rings. The summed E-state index contributed by atoms with van der Waals surface area (Å²) in [6, 6.07) is 7.86. The first-order valence-corrected chi connectivity index (χ1v) is 6.91. The third kappa shape index (κ3) is 4.20. The van der Waals surface area contributed by atoms with Crippen molar-refractivity contribution < 1.29 is 14.6 Å². The van der Waals surface area contributed by atoms with Gasteiger partial charge in [0, 0.05) is 19.5 Å². The van der Waals surface area contributed by atoms with E-state index in [1.165, 1.54) is 0 Å². The van der Waals surface area contributed by atoms with Crippen molar-refractivity contribution in [3.05, 3.63) is 29.8 Å². The molecular weight excluding hydrogens is 242 g/mol. The molecule has 0 aliphatic carbocycles. The van der Waals surface area contributed by atoms with Crippen LogP contribution in [0, 0.1) is 0 Å². The number of hydrogen-bond acceptors (Lipinski definition) is 4. The van der Waals surface area contributed by atoms with Crippen molar-refractivity contribution in [1.82, 2.24) is 5.32 Å². The summed E-state index contributed by atoms with van der Waals surface area (Å²) in [7, 11) is 0. The highest BCUT2D eigenvalue weighted by Gasteiger charge is 2.23. The summed E-state index contributed by atoms with van der Waals surface area (Å²) in [6.07, 6.45) is 0.0337. The molecule has 1 unspecified atom stereocenters. The van der Waals surface area contributed by atoms with E-state index in [1.807, 2.05) is 38.1 Å². The molecule has 106 valence electrons. The quantitative estimate of drug-likeness (QED) is 0.844. The molecule has 2 rings (SSSR count). The summed E-state index contributed by atoms with van der Waals surface area (Å²) in [5, 5.41) is 13.5. The van der Waals surface area contributed by atoms with Crippen LogP contribution < -0.4 is 10.1 Å². The fraction of sp³-hybridized carbons (Fsp3) is 0.600. The first-order valence-electron chi connectivity index (χ1n) is 6.91. The maximum absolute atomic E-state index is 10.3. The molecule has 0 radical (unpaired) electrons. The van der Waals surface area contributed by atoms with E-state index in [0.717, 1.165) is 17.9 Å². The average molecular weight is 265 g/mol. The number of hydrogen-bond donors (Lipinski definition) is 2. The molecule has 0 saturated carbocycles. The molecule has 2 atom stereocenters. The van der Waals surface area contributed by atoms with Gasteiger partial charge >= 0.3 is 0 Å². The third-order valence-electron chi connectivity index (χ3n) is 3.15. The molecule has 1 saturated heterocycles. The van der Waals surface area contributed by atoms with Crippen molar-refractivity contribution in [1.29, 1.82) is 0 Å². The number of rotatable bonds is 5. The maximum atomic E-state index is 10.3. The Morgan fingerprint density at radius 3 is 2.89 bits per heavy atom. The van der Waals surface area contributed by atoms with Gasteiger partial charge in [-0.05, 0) is 25.5 Å². The Bertz CT molecular complexity index is 389. The SMILES string of the molecule is CC(C)Oc1ccccc1C[C@@H](O)C1CNCCO1. The number of nitrogens with one attached hydrogen (secondary N) is 1. The van der Waals surface area contributed by atoms with Crippen LogP contribution in [0.3, 0.4) is 0 Å². The maximum Gasteiger partial charge on any atom is 0.122 e.